The molecule has 2 aromatic carbocycles. The van der Waals surface area contributed by atoms with Crippen molar-refractivity contribution in [2.45, 2.75) is 26.7 Å². The summed E-state index contributed by atoms with van der Waals surface area (Å²) in [5, 5.41) is 14.4. The summed E-state index contributed by atoms with van der Waals surface area (Å²) in [4.78, 5) is 11.9. The number of halogens is 1. The lowest BCUT2D eigenvalue weighted by molar-refractivity contribution is -0.121. The van der Waals surface area contributed by atoms with E-state index in [4.69, 9.17) is 21.1 Å². The molecule has 2 N–H and O–H groups in total. The van der Waals surface area contributed by atoms with Crippen LogP contribution in [0.25, 0.3) is 0 Å². The third-order valence-electron chi connectivity index (χ3n) is 3.89. The van der Waals surface area contributed by atoms with Crippen LogP contribution in [0, 0.1) is 6.92 Å². The molecule has 1 amide bonds. The molecule has 0 aliphatic carbocycles. The SMILES string of the molecule is COc1cc(C(C)=NNC(=O)CCCOc2ccc(Cl)cc2C)ccc1O. The molecule has 0 aromatic heterocycles. The number of amides is 1. The van der Waals surface area contributed by atoms with Crippen molar-refractivity contribution in [2.24, 2.45) is 5.10 Å². The zero-order valence-corrected chi connectivity index (χ0v) is 16.3. The Labute approximate surface area is 163 Å². The van der Waals surface area contributed by atoms with Crippen molar-refractivity contribution in [1.82, 2.24) is 5.43 Å². The second kappa shape index (κ2) is 9.83. The van der Waals surface area contributed by atoms with Gasteiger partial charge in [-0.05, 0) is 62.2 Å². The van der Waals surface area contributed by atoms with Crippen LogP contribution in [0.15, 0.2) is 41.5 Å². The molecule has 0 unspecified atom stereocenters. The van der Waals surface area contributed by atoms with E-state index in [0.29, 0.717) is 35.9 Å². The molecule has 0 aliphatic heterocycles. The first-order valence-corrected chi connectivity index (χ1v) is 8.88. The fraction of sp³-hybridized carbons (Fsp3) is 0.300. The molecule has 0 bridgehead atoms. The van der Waals surface area contributed by atoms with Gasteiger partial charge in [0.15, 0.2) is 11.5 Å². The monoisotopic (exact) mass is 390 g/mol. The van der Waals surface area contributed by atoms with Crippen LogP contribution < -0.4 is 14.9 Å². The number of rotatable bonds is 8. The van der Waals surface area contributed by atoms with Gasteiger partial charge in [-0.1, -0.05) is 11.6 Å². The van der Waals surface area contributed by atoms with Gasteiger partial charge in [-0.15, -0.1) is 0 Å². The Balaban J connectivity index is 1.79. The molecular weight excluding hydrogens is 368 g/mol. The molecule has 7 heteroatoms. The second-order valence-electron chi connectivity index (χ2n) is 5.98. The Morgan fingerprint density at radius 1 is 1.22 bits per heavy atom. The molecule has 27 heavy (non-hydrogen) atoms. The van der Waals surface area contributed by atoms with Crippen molar-refractivity contribution >= 4 is 23.2 Å². The van der Waals surface area contributed by atoms with E-state index in [0.717, 1.165) is 16.9 Å². The topological polar surface area (TPSA) is 80.2 Å². The van der Waals surface area contributed by atoms with Gasteiger partial charge in [0.1, 0.15) is 5.75 Å². The highest BCUT2D eigenvalue weighted by Gasteiger charge is 2.06. The van der Waals surface area contributed by atoms with Crippen LogP contribution in [0.5, 0.6) is 17.2 Å². The number of methoxy groups -OCH3 is 1. The van der Waals surface area contributed by atoms with Gasteiger partial charge in [0.05, 0.1) is 19.4 Å². The number of aromatic hydroxyl groups is 1. The number of nitrogens with zero attached hydrogens (tertiary/aromatic N) is 1. The van der Waals surface area contributed by atoms with Crippen LogP contribution in [0.3, 0.4) is 0 Å². The normalized spacial score (nSPS) is 11.2. The molecule has 6 nitrogen and oxygen atoms in total. The molecule has 0 saturated heterocycles. The van der Waals surface area contributed by atoms with Crippen LogP contribution in [0.2, 0.25) is 5.02 Å². The molecule has 0 spiro atoms. The van der Waals surface area contributed by atoms with E-state index in [-0.39, 0.29) is 11.7 Å². The minimum atomic E-state index is -0.198. The first-order chi connectivity index (χ1) is 12.9. The highest BCUT2D eigenvalue weighted by Crippen LogP contribution is 2.26. The van der Waals surface area contributed by atoms with Crippen LogP contribution in [0.4, 0.5) is 0 Å². The maximum absolute atomic E-state index is 11.9. The number of ether oxygens (including phenoxy) is 2. The maximum Gasteiger partial charge on any atom is 0.240 e. The van der Waals surface area contributed by atoms with Crippen molar-refractivity contribution < 1.29 is 19.4 Å². The number of nitrogens with one attached hydrogen (secondary N) is 1. The van der Waals surface area contributed by atoms with Crippen molar-refractivity contribution in [3.8, 4) is 17.2 Å². The zero-order valence-electron chi connectivity index (χ0n) is 15.6. The first-order valence-electron chi connectivity index (χ1n) is 8.50. The summed E-state index contributed by atoms with van der Waals surface area (Å²) >= 11 is 5.91. The second-order valence-corrected chi connectivity index (χ2v) is 6.42. The standard InChI is InChI=1S/C20H23ClN2O4/c1-13-11-16(21)7-9-18(13)27-10-4-5-20(25)23-22-14(2)15-6-8-17(24)19(12-15)26-3/h6-9,11-12,24H,4-5,10H2,1-3H3,(H,23,25). The summed E-state index contributed by atoms with van der Waals surface area (Å²) in [6.07, 6.45) is 0.859. The van der Waals surface area contributed by atoms with Gasteiger partial charge in [-0.3, -0.25) is 4.79 Å². The Bertz CT molecular complexity index is 837. The summed E-state index contributed by atoms with van der Waals surface area (Å²) in [7, 11) is 1.47. The molecule has 0 heterocycles. The average molecular weight is 391 g/mol. The number of carbonyl (C=O) groups excluding carboxylic acids is 1. The Hall–Kier alpha value is -2.73. The molecule has 0 radical (unpaired) electrons. The fourth-order valence-corrected chi connectivity index (χ4v) is 2.59. The molecular formula is C20H23ClN2O4. The predicted molar refractivity (Wildman–Crippen MR) is 106 cm³/mol. The predicted octanol–water partition coefficient (Wildman–Crippen LogP) is 4.06. The number of phenols is 1. The lowest BCUT2D eigenvalue weighted by Gasteiger charge is -2.09. The minimum absolute atomic E-state index is 0.0500. The van der Waals surface area contributed by atoms with E-state index < -0.39 is 0 Å². The Kier molecular flexibility index (Phi) is 7.49. The quantitative estimate of drug-likeness (QED) is 0.404. The average Bonchev–Trinajstić information content (AvgIpc) is 2.65. The van der Waals surface area contributed by atoms with Gasteiger partial charge in [-0.2, -0.15) is 5.10 Å². The molecule has 0 saturated carbocycles. The lowest BCUT2D eigenvalue weighted by atomic mass is 10.1. The molecule has 2 rings (SSSR count). The van der Waals surface area contributed by atoms with Crippen molar-refractivity contribution in [3.63, 3.8) is 0 Å². The molecule has 144 valence electrons. The molecule has 0 aliphatic rings. The van der Waals surface area contributed by atoms with Gasteiger partial charge >= 0.3 is 0 Å². The van der Waals surface area contributed by atoms with Crippen molar-refractivity contribution in [2.75, 3.05) is 13.7 Å². The largest absolute Gasteiger partial charge is 0.504 e. The Morgan fingerprint density at radius 2 is 2.00 bits per heavy atom. The summed E-state index contributed by atoms with van der Waals surface area (Å²) < 4.78 is 10.7. The van der Waals surface area contributed by atoms with E-state index in [1.807, 2.05) is 19.1 Å². The number of hydrogen-bond donors (Lipinski definition) is 2. The van der Waals surface area contributed by atoms with Gasteiger partial charge in [0.25, 0.3) is 0 Å². The van der Waals surface area contributed by atoms with E-state index in [1.165, 1.54) is 13.2 Å². The third-order valence-corrected chi connectivity index (χ3v) is 4.12. The van der Waals surface area contributed by atoms with Gasteiger partial charge in [0, 0.05) is 17.0 Å². The summed E-state index contributed by atoms with van der Waals surface area (Å²) in [6.45, 7) is 4.11. The maximum atomic E-state index is 11.9. The third kappa shape index (κ3) is 6.18. The van der Waals surface area contributed by atoms with Crippen molar-refractivity contribution in [1.29, 1.82) is 0 Å². The van der Waals surface area contributed by atoms with E-state index in [1.54, 1.807) is 25.1 Å². The van der Waals surface area contributed by atoms with Crippen LogP contribution >= 0.6 is 11.6 Å². The van der Waals surface area contributed by atoms with Gasteiger partial charge in [-0.25, -0.2) is 5.43 Å². The zero-order chi connectivity index (χ0) is 19.8. The smallest absolute Gasteiger partial charge is 0.240 e. The number of aryl methyl sites for hydroxylation is 1. The minimum Gasteiger partial charge on any atom is -0.504 e. The van der Waals surface area contributed by atoms with Crippen LogP contribution in [0.1, 0.15) is 30.9 Å². The van der Waals surface area contributed by atoms with Crippen molar-refractivity contribution in [3.05, 3.63) is 52.5 Å². The number of hydrazone groups is 1. The van der Waals surface area contributed by atoms with E-state index in [2.05, 4.69) is 10.5 Å². The first kappa shape index (κ1) is 20.6. The number of benzene rings is 2. The summed E-state index contributed by atoms with van der Waals surface area (Å²) in [6, 6.07) is 10.3. The van der Waals surface area contributed by atoms with Gasteiger partial charge in [0.2, 0.25) is 5.91 Å². The number of phenolic OH excluding ortho intramolecular Hbond substituents is 1. The molecule has 0 atom stereocenters. The van der Waals surface area contributed by atoms with E-state index >= 15 is 0 Å². The number of carbonyl (C=O) groups is 1. The summed E-state index contributed by atoms with van der Waals surface area (Å²) in [5.74, 6) is 0.962. The van der Waals surface area contributed by atoms with Crippen LogP contribution in [-0.2, 0) is 4.79 Å². The Morgan fingerprint density at radius 3 is 2.70 bits per heavy atom. The summed E-state index contributed by atoms with van der Waals surface area (Å²) in [5.41, 5.74) is 4.83. The van der Waals surface area contributed by atoms with Gasteiger partial charge < -0.3 is 14.6 Å². The van der Waals surface area contributed by atoms with Crippen LogP contribution in [-0.4, -0.2) is 30.4 Å². The molecule has 2 aromatic rings. The van der Waals surface area contributed by atoms with E-state index in [9.17, 15) is 9.90 Å². The lowest BCUT2D eigenvalue weighted by Crippen LogP contribution is -2.19. The highest BCUT2D eigenvalue weighted by atomic mass is 35.5. The number of hydrogen-bond acceptors (Lipinski definition) is 5. The highest BCUT2D eigenvalue weighted by molar-refractivity contribution is 6.30. The fourth-order valence-electron chi connectivity index (χ4n) is 2.36. The molecule has 0 fully saturated rings.